The van der Waals surface area contributed by atoms with Gasteiger partial charge in [-0.05, 0) is 85.6 Å². The summed E-state index contributed by atoms with van der Waals surface area (Å²) in [5.74, 6) is 0. The van der Waals surface area contributed by atoms with Crippen LogP contribution in [0.1, 0.15) is 38.5 Å². The van der Waals surface area contributed by atoms with Crippen LogP contribution in [0.4, 0.5) is 11.4 Å². The van der Waals surface area contributed by atoms with E-state index >= 15 is 0 Å². The molecule has 2 aromatic rings. The summed E-state index contributed by atoms with van der Waals surface area (Å²) in [6.45, 7) is 3.80. The zero-order valence-corrected chi connectivity index (χ0v) is 18.7. The highest BCUT2D eigenvalue weighted by atomic mass is 15.1. The van der Waals surface area contributed by atoms with Crippen LogP contribution >= 0.6 is 0 Å². The molecule has 0 atom stereocenters. The van der Waals surface area contributed by atoms with E-state index < -0.39 is 0 Å². The van der Waals surface area contributed by atoms with Crippen LogP contribution < -0.4 is 10.4 Å². The maximum Gasteiger partial charge on any atom is 0.113 e. The third-order valence-corrected chi connectivity index (χ3v) is 5.95. The number of anilines is 2. The molecule has 0 saturated heterocycles. The van der Waals surface area contributed by atoms with Gasteiger partial charge in [-0.25, -0.2) is 0 Å². The maximum absolute atomic E-state index is 6.11. The summed E-state index contributed by atoms with van der Waals surface area (Å²) < 4.78 is 0. The van der Waals surface area contributed by atoms with Gasteiger partial charge in [0, 0.05) is 17.1 Å². The van der Waals surface area contributed by atoms with Crippen molar-refractivity contribution in [1.82, 2.24) is 0 Å². The summed E-state index contributed by atoms with van der Waals surface area (Å²) in [5.41, 5.74) is 8.60. The average Bonchev–Trinajstić information content (AvgIpc) is 2.84. The molecule has 4 rings (SSSR count). The predicted molar refractivity (Wildman–Crippen MR) is 140 cm³/mol. The van der Waals surface area contributed by atoms with Crippen LogP contribution in [0.15, 0.2) is 126 Å². The van der Waals surface area contributed by atoms with E-state index in [9.17, 15) is 0 Å². The number of nitrogens with zero attached hydrogens (tertiary/aromatic N) is 1. The van der Waals surface area contributed by atoms with Crippen molar-refractivity contribution in [3.8, 4) is 0 Å². The number of allylic oxidation sites excluding steroid dienone is 11. The molecular formula is C30H30BN. The highest BCUT2D eigenvalue weighted by molar-refractivity contribution is 6.32. The highest BCUT2D eigenvalue weighted by Gasteiger charge is 2.19. The van der Waals surface area contributed by atoms with E-state index in [1.54, 1.807) is 0 Å². The third-order valence-electron chi connectivity index (χ3n) is 5.95. The van der Waals surface area contributed by atoms with Crippen LogP contribution in [-0.4, -0.2) is 7.85 Å². The number of hydrogen-bond donors (Lipinski definition) is 0. The van der Waals surface area contributed by atoms with Gasteiger partial charge in [-0.3, -0.25) is 0 Å². The minimum atomic E-state index is 0.781. The van der Waals surface area contributed by atoms with E-state index in [0.29, 0.717) is 0 Å². The Morgan fingerprint density at radius 3 is 2.47 bits per heavy atom. The largest absolute Gasteiger partial charge is 0.314 e. The molecule has 2 aromatic carbocycles. The van der Waals surface area contributed by atoms with Gasteiger partial charge in [-0.15, -0.1) is 6.58 Å². The monoisotopic (exact) mass is 415 g/mol. The Labute approximate surface area is 194 Å². The molecule has 0 aromatic heterocycles. The summed E-state index contributed by atoms with van der Waals surface area (Å²) in [4.78, 5) is 2.33. The number of hydrogen-bond acceptors (Lipinski definition) is 1. The normalized spacial score (nSPS) is 16.1. The van der Waals surface area contributed by atoms with Gasteiger partial charge in [0.25, 0.3) is 0 Å². The van der Waals surface area contributed by atoms with Crippen LogP contribution in [0.2, 0.25) is 0 Å². The van der Waals surface area contributed by atoms with Gasteiger partial charge < -0.3 is 4.90 Å². The molecule has 2 radical (unpaired) electrons. The van der Waals surface area contributed by atoms with Crippen molar-refractivity contribution in [1.29, 1.82) is 0 Å². The Balaban J connectivity index is 1.59. The summed E-state index contributed by atoms with van der Waals surface area (Å²) in [6, 6.07) is 18.7. The lowest BCUT2D eigenvalue weighted by molar-refractivity contribution is 0.848. The van der Waals surface area contributed by atoms with Crippen molar-refractivity contribution >= 4 is 24.7 Å². The van der Waals surface area contributed by atoms with Crippen molar-refractivity contribution in [3.05, 3.63) is 126 Å². The number of benzene rings is 2. The topological polar surface area (TPSA) is 3.24 Å². The van der Waals surface area contributed by atoms with Crippen molar-refractivity contribution in [2.75, 3.05) is 4.90 Å². The Hall–Kier alpha value is -3.26. The molecule has 32 heavy (non-hydrogen) atoms. The predicted octanol–water partition coefficient (Wildman–Crippen LogP) is 7.39. The molecule has 0 spiro atoms. The molecule has 0 bridgehead atoms. The van der Waals surface area contributed by atoms with Gasteiger partial charge in [0.2, 0.25) is 0 Å². The number of unbranched alkanes of at least 4 members (excludes halogenated alkanes) is 1. The van der Waals surface area contributed by atoms with E-state index in [1.165, 1.54) is 22.4 Å². The Morgan fingerprint density at radius 1 is 0.875 bits per heavy atom. The molecule has 2 aliphatic carbocycles. The van der Waals surface area contributed by atoms with Gasteiger partial charge in [0.05, 0.1) is 0 Å². The molecule has 0 heterocycles. The van der Waals surface area contributed by atoms with Crippen LogP contribution in [-0.2, 0) is 0 Å². The molecule has 0 saturated carbocycles. The fourth-order valence-corrected chi connectivity index (χ4v) is 4.33. The summed E-state index contributed by atoms with van der Waals surface area (Å²) in [7, 11) is 6.11. The number of para-hydroxylation sites is 1. The third kappa shape index (κ3) is 5.51. The lowest BCUT2D eigenvalue weighted by Gasteiger charge is -2.30. The van der Waals surface area contributed by atoms with E-state index in [1.807, 2.05) is 24.3 Å². The van der Waals surface area contributed by atoms with E-state index in [4.69, 9.17) is 7.85 Å². The van der Waals surface area contributed by atoms with E-state index in [0.717, 1.165) is 55.4 Å². The Bertz CT molecular complexity index is 1100. The SMILES string of the molecule is [B]c1cccc(N(C2=CC=C(C3=CC(/C=C/CCC=C)=CCC3)CC2)c2ccccc2)c1. The first-order chi connectivity index (χ1) is 15.7. The van der Waals surface area contributed by atoms with Crippen LogP contribution in [0.25, 0.3) is 0 Å². The van der Waals surface area contributed by atoms with Crippen molar-refractivity contribution in [2.24, 2.45) is 0 Å². The fourth-order valence-electron chi connectivity index (χ4n) is 4.33. The molecule has 0 N–H and O–H groups in total. The van der Waals surface area contributed by atoms with Gasteiger partial charge in [0.1, 0.15) is 7.85 Å². The van der Waals surface area contributed by atoms with E-state index in [-0.39, 0.29) is 0 Å². The quantitative estimate of drug-likeness (QED) is 0.247. The zero-order chi connectivity index (χ0) is 22.2. The molecular weight excluding hydrogens is 385 g/mol. The van der Waals surface area contributed by atoms with Crippen LogP contribution in [0, 0.1) is 0 Å². The molecule has 0 amide bonds. The lowest BCUT2D eigenvalue weighted by Crippen LogP contribution is -2.19. The van der Waals surface area contributed by atoms with Crippen molar-refractivity contribution in [3.63, 3.8) is 0 Å². The average molecular weight is 415 g/mol. The molecule has 1 nitrogen and oxygen atoms in total. The zero-order valence-electron chi connectivity index (χ0n) is 18.7. The first kappa shape index (κ1) is 22.0. The fraction of sp³-hybridized carbons (Fsp3) is 0.200. The first-order valence-electron chi connectivity index (χ1n) is 11.5. The van der Waals surface area contributed by atoms with Crippen molar-refractivity contribution < 1.29 is 0 Å². The van der Waals surface area contributed by atoms with Gasteiger partial charge >= 0.3 is 0 Å². The smallest absolute Gasteiger partial charge is 0.113 e. The van der Waals surface area contributed by atoms with Crippen molar-refractivity contribution in [2.45, 2.75) is 38.5 Å². The maximum atomic E-state index is 6.11. The second-order valence-corrected chi connectivity index (χ2v) is 8.30. The minimum Gasteiger partial charge on any atom is -0.314 e. The standard InChI is InChI=1S/C30H30BN/c1-2-3-4-6-11-24-12-9-13-26(22-24)25-18-20-29(21-19-25)32(28-15-7-5-8-16-28)30-17-10-14-27(31)23-30/h2,5-8,10-12,14-18,20,22-23H,1,3-4,9,13,19,21H2/b11-6+. The molecule has 0 aliphatic heterocycles. The number of rotatable bonds is 8. The summed E-state index contributed by atoms with van der Waals surface area (Å²) in [6.07, 6.45) is 22.2. The Morgan fingerprint density at radius 2 is 1.72 bits per heavy atom. The lowest BCUT2D eigenvalue weighted by atomic mass is 9.88. The summed E-state index contributed by atoms with van der Waals surface area (Å²) >= 11 is 0. The summed E-state index contributed by atoms with van der Waals surface area (Å²) in [5, 5.41) is 0. The van der Waals surface area contributed by atoms with E-state index in [2.05, 4.69) is 84.3 Å². The second-order valence-electron chi connectivity index (χ2n) is 8.30. The minimum absolute atomic E-state index is 0.781. The first-order valence-corrected chi connectivity index (χ1v) is 11.5. The molecule has 0 fully saturated rings. The highest BCUT2D eigenvalue weighted by Crippen LogP contribution is 2.36. The molecule has 2 heteroatoms. The Kier molecular flexibility index (Phi) is 7.45. The van der Waals surface area contributed by atoms with Gasteiger partial charge in [-0.1, -0.05) is 72.3 Å². The van der Waals surface area contributed by atoms with Crippen LogP contribution in [0.3, 0.4) is 0 Å². The van der Waals surface area contributed by atoms with Crippen LogP contribution in [0.5, 0.6) is 0 Å². The molecule has 2 aliphatic rings. The van der Waals surface area contributed by atoms with Gasteiger partial charge in [-0.2, -0.15) is 0 Å². The van der Waals surface area contributed by atoms with Gasteiger partial charge in [0.15, 0.2) is 0 Å². The second kappa shape index (κ2) is 10.9. The molecule has 0 unspecified atom stereocenters. The molecule has 158 valence electrons.